The number of benzene rings is 1. The normalized spacial score (nSPS) is 8.76. The lowest BCUT2D eigenvalue weighted by Crippen LogP contribution is -2.31. The molecule has 0 atom stereocenters. The number of hydrogen-bond acceptors (Lipinski definition) is 4. The average Bonchev–Trinajstić information content (AvgIpc) is 2.47. The van der Waals surface area contributed by atoms with Crippen LogP contribution in [-0.4, -0.2) is 16.9 Å². The van der Waals surface area contributed by atoms with Gasteiger partial charge in [0, 0.05) is 6.20 Å². The number of rotatable bonds is 3. The number of nitrogens with zero attached hydrogens (tertiary/aromatic N) is 1. The molecule has 0 saturated carbocycles. The number of amidine groups is 1. The lowest BCUT2D eigenvalue weighted by Gasteiger charge is -2.07. The first-order chi connectivity index (χ1) is 9.25. The van der Waals surface area contributed by atoms with E-state index in [0.717, 1.165) is 5.56 Å². The molecule has 0 radical (unpaired) electrons. The van der Waals surface area contributed by atoms with Crippen molar-refractivity contribution in [2.24, 2.45) is 0 Å². The van der Waals surface area contributed by atoms with Crippen molar-refractivity contribution in [2.75, 3.05) is 0 Å². The fourth-order valence-electron chi connectivity index (χ4n) is 1.44. The smallest absolute Gasteiger partial charge is 0.413 e. The molecule has 1 aromatic carbocycles. The van der Waals surface area contributed by atoms with Crippen LogP contribution in [0.1, 0.15) is 11.3 Å². The SMILES string of the molecule is Cl.Cl.N=C(NC(=O)OCc1ccccc1)c1ccccn1. The molecule has 21 heavy (non-hydrogen) atoms. The summed E-state index contributed by atoms with van der Waals surface area (Å²) in [6.45, 7) is 0.169. The van der Waals surface area contributed by atoms with Crippen molar-refractivity contribution in [3.8, 4) is 0 Å². The Morgan fingerprint density at radius 3 is 2.38 bits per heavy atom. The van der Waals surface area contributed by atoms with Crippen molar-refractivity contribution in [1.82, 2.24) is 10.3 Å². The molecule has 0 bridgehead atoms. The molecule has 0 aliphatic heterocycles. The summed E-state index contributed by atoms with van der Waals surface area (Å²) in [5.74, 6) is -0.0846. The van der Waals surface area contributed by atoms with Gasteiger partial charge in [-0.3, -0.25) is 15.7 Å². The van der Waals surface area contributed by atoms with E-state index in [9.17, 15) is 4.79 Å². The maximum Gasteiger partial charge on any atom is 0.413 e. The second-order valence-electron chi connectivity index (χ2n) is 3.78. The number of hydrogen-bond donors (Lipinski definition) is 2. The number of nitrogens with one attached hydrogen (secondary N) is 2. The first-order valence-electron chi connectivity index (χ1n) is 5.73. The molecule has 2 aromatic rings. The molecule has 1 aromatic heterocycles. The third-order valence-electron chi connectivity index (χ3n) is 2.36. The van der Waals surface area contributed by atoms with Crippen LogP contribution in [0, 0.1) is 5.41 Å². The van der Waals surface area contributed by atoms with Crippen LogP contribution >= 0.6 is 24.8 Å². The molecule has 112 valence electrons. The summed E-state index contributed by atoms with van der Waals surface area (Å²) in [5.41, 5.74) is 1.28. The number of pyridine rings is 1. The summed E-state index contributed by atoms with van der Waals surface area (Å²) in [6, 6.07) is 14.5. The Balaban J connectivity index is 0.00000200. The second kappa shape index (κ2) is 9.74. The van der Waals surface area contributed by atoms with E-state index < -0.39 is 6.09 Å². The Hall–Kier alpha value is -2.11. The quantitative estimate of drug-likeness (QED) is 0.671. The van der Waals surface area contributed by atoms with Gasteiger partial charge in [0.05, 0.1) is 0 Å². The van der Waals surface area contributed by atoms with Crippen molar-refractivity contribution in [3.63, 3.8) is 0 Å². The highest BCUT2D eigenvalue weighted by atomic mass is 35.5. The number of carbonyl (C=O) groups is 1. The molecule has 0 unspecified atom stereocenters. The standard InChI is InChI=1S/C14H13N3O2.2ClH/c15-13(12-8-4-5-9-16-12)17-14(18)19-10-11-6-2-1-3-7-11;;/h1-9H,10H2,(H2,15,17,18);2*1H. The third kappa shape index (κ3) is 6.25. The average molecular weight is 328 g/mol. The lowest BCUT2D eigenvalue weighted by molar-refractivity contribution is 0.145. The molecule has 0 aliphatic rings. The Morgan fingerprint density at radius 1 is 1.10 bits per heavy atom. The number of carbonyl (C=O) groups excluding carboxylic acids is 1. The van der Waals surface area contributed by atoms with Gasteiger partial charge in [0.2, 0.25) is 0 Å². The summed E-state index contributed by atoms with van der Waals surface area (Å²) < 4.78 is 5.00. The van der Waals surface area contributed by atoms with Crippen molar-refractivity contribution >= 4 is 36.7 Å². The van der Waals surface area contributed by atoms with Gasteiger partial charge in [-0.2, -0.15) is 0 Å². The highest BCUT2D eigenvalue weighted by Gasteiger charge is 2.08. The topological polar surface area (TPSA) is 75.1 Å². The number of amides is 1. The van der Waals surface area contributed by atoms with Crippen molar-refractivity contribution in [3.05, 3.63) is 66.0 Å². The largest absolute Gasteiger partial charge is 0.444 e. The molecular formula is C14H15Cl2N3O2. The van der Waals surface area contributed by atoms with E-state index in [-0.39, 0.29) is 37.3 Å². The molecule has 0 aliphatic carbocycles. The molecule has 0 spiro atoms. The number of alkyl carbamates (subject to hydrolysis) is 1. The van der Waals surface area contributed by atoms with Crippen molar-refractivity contribution < 1.29 is 9.53 Å². The van der Waals surface area contributed by atoms with Crippen molar-refractivity contribution in [2.45, 2.75) is 6.61 Å². The van der Waals surface area contributed by atoms with E-state index in [2.05, 4.69) is 10.3 Å². The monoisotopic (exact) mass is 327 g/mol. The minimum atomic E-state index is -0.667. The number of aromatic nitrogens is 1. The van der Waals surface area contributed by atoms with Crippen LogP contribution in [0.3, 0.4) is 0 Å². The Labute approximate surface area is 135 Å². The van der Waals surface area contributed by atoms with E-state index in [1.54, 1.807) is 24.4 Å². The van der Waals surface area contributed by atoms with Gasteiger partial charge in [-0.1, -0.05) is 36.4 Å². The van der Waals surface area contributed by atoms with Gasteiger partial charge in [0.25, 0.3) is 0 Å². The Morgan fingerprint density at radius 2 is 1.76 bits per heavy atom. The minimum absolute atomic E-state index is 0. The highest BCUT2D eigenvalue weighted by Crippen LogP contribution is 2.01. The molecule has 0 fully saturated rings. The minimum Gasteiger partial charge on any atom is -0.444 e. The van der Waals surface area contributed by atoms with Gasteiger partial charge < -0.3 is 4.74 Å². The van der Waals surface area contributed by atoms with Gasteiger partial charge >= 0.3 is 6.09 Å². The van der Waals surface area contributed by atoms with Gasteiger partial charge in [-0.25, -0.2) is 4.79 Å². The van der Waals surface area contributed by atoms with Crippen LogP contribution in [-0.2, 0) is 11.3 Å². The molecule has 2 N–H and O–H groups in total. The highest BCUT2D eigenvalue weighted by molar-refractivity contribution is 6.03. The summed E-state index contributed by atoms with van der Waals surface area (Å²) in [6.07, 6.45) is 0.889. The van der Waals surface area contributed by atoms with Gasteiger partial charge in [0.15, 0.2) is 5.84 Å². The summed E-state index contributed by atoms with van der Waals surface area (Å²) >= 11 is 0. The summed E-state index contributed by atoms with van der Waals surface area (Å²) in [4.78, 5) is 15.5. The zero-order valence-electron chi connectivity index (χ0n) is 11.0. The van der Waals surface area contributed by atoms with Crippen LogP contribution < -0.4 is 5.32 Å². The molecule has 0 saturated heterocycles. The van der Waals surface area contributed by atoms with E-state index in [4.69, 9.17) is 10.1 Å². The van der Waals surface area contributed by atoms with E-state index in [1.165, 1.54) is 0 Å². The molecule has 7 heteroatoms. The molecule has 2 rings (SSSR count). The van der Waals surface area contributed by atoms with Crippen molar-refractivity contribution in [1.29, 1.82) is 5.41 Å². The summed E-state index contributed by atoms with van der Waals surface area (Å²) in [7, 11) is 0. The number of ether oxygens (including phenoxy) is 1. The fraction of sp³-hybridized carbons (Fsp3) is 0.0714. The number of halogens is 2. The van der Waals surface area contributed by atoms with E-state index >= 15 is 0 Å². The van der Waals surface area contributed by atoms with E-state index in [1.807, 2.05) is 30.3 Å². The zero-order valence-corrected chi connectivity index (χ0v) is 12.6. The van der Waals surface area contributed by atoms with E-state index in [0.29, 0.717) is 5.69 Å². The predicted octanol–water partition coefficient (Wildman–Crippen LogP) is 3.18. The maximum atomic E-state index is 11.5. The van der Waals surface area contributed by atoms with Crippen LogP contribution in [0.4, 0.5) is 4.79 Å². The lowest BCUT2D eigenvalue weighted by atomic mass is 10.2. The first kappa shape index (κ1) is 18.9. The first-order valence-corrected chi connectivity index (χ1v) is 5.73. The summed E-state index contributed by atoms with van der Waals surface area (Å²) in [5, 5.41) is 9.99. The van der Waals surface area contributed by atoms with Crippen LogP contribution in [0.5, 0.6) is 0 Å². The van der Waals surface area contributed by atoms with Gasteiger partial charge in [-0.05, 0) is 17.7 Å². The van der Waals surface area contributed by atoms with Gasteiger partial charge in [0.1, 0.15) is 12.3 Å². The van der Waals surface area contributed by atoms with Crippen LogP contribution in [0.15, 0.2) is 54.7 Å². The molecular weight excluding hydrogens is 313 g/mol. The predicted molar refractivity (Wildman–Crippen MR) is 85.3 cm³/mol. The Bertz CT molecular complexity index is 565. The maximum absolute atomic E-state index is 11.5. The molecule has 1 amide bonds. The third-order valence-corrected chi connectivity index (χ3v) is 2.36. The second-order valence-corrected chi connectivity index (χ2v) is 3.78. The van der Waals surface area contributed by atoms with Crippen LogP contribution in [0.25, 0.3) is 0 Å². The van der Waals surface area contributed by atoms with Gasteiger partial charge in [-0.15, -0.1) is 24.8 Å². The molecule has 5 nitrogen and oxygen atoms in total. The Kier molecular flexibility index (Phi) is 8.76. The zero-order chi connectivity index (χ0) is 13.5. The molecule has 1 heterocycles. The van der Waals surface area contributed by atoms with Crippen LogP contribution in [0.2, 0.25) is 0 Å². The fourth-order valence-corrected chi connectivity index (χ4v) is 1.44.